The van der Waals surface area contributed by atoms with E-state index in [9.17, 15) is 5.11 Å². The minimum absolute atomic E-state index is 0.407. The molecule has 0 radical (unpaired) electrons. The van der Waals surface area contributed by atoms with Gasteiger partial charge in [-0.1, -0.05) is 18.1 Å². The normalized spacial score (nSPS) is 12.9. The Morgan fingerprint density at radius 3 is 2.82 bits per heavy atom. The molecule has 0 aliphatic rings. The molecule has 3 heteroatoms. The summed E-state index contributed by atoms with van der Waals surface area (Å²) >= 11 is 0. The zero-order valence-electron chi connectivity index (χ0n) is 10.5. The fourth-order valence-electron chi connectivity index (χ4n) is 1.37. The topological polar surface area (TPSA) is 41.5 Å². The fraction of sp³-hybridized carbons (Fsp3) is 0.429. The van der Waals surface area contributed by atoms with Crippen LogP contribution in [0.5, 0.6) is 5.75 Å². The van der Waals surface area contributed by atoms with Crippen LogP contribution in [-0.2, 0) is 0 Å². The highest BCUT2D eigenvalue weighted by Gasteiger charge is 2.16. The van der Waals surface area contributed by atoms with Crippen molar-refractivity contribution in [2.75, 3.05) is 13.7 Å². The lowest BCUT2D eigenvalue weighted by Gasteiger charge is -2.22. The van der Waals surface area contributed by atoms with Crippen LogP contribution in [0.25, 0.3) is 0 Å². The number of ether oxygens (including phenoxy) is 1. The second kappa shape index (κ2) is 5.72. The van der Waals surface area contributed by atoms with Crippen molar-refractivity contribution in [2.24, 2.45) is 0 Å². The maximum absolute atomic E-state index is 10.0. The van der Waals surface area contributed by atoms with Crippen LogP contribution in [0.4, 0.5) is 0 Å². The average molecular weight is 233 g/mol. The third kappa shape index (κ3) is 4.10. The van der Waals surface area contributed by atoms with Crippen LogP contribution < -0.4 is 10.1 Å². The predicted molar refractivity (Wildman–Crippen MR) is 68.9 cm³/mol. The summed E-state index contributed by atoms with van der Waals surface area (Å²) in [4.78, 5) is 0. The summed E-state index contributed by atoms with van der Waals surface area (Å²) in [5.74, 6) is 3.36. The lowest BCUT2D eigenvalue weighted by atomic mass is 10.0. The Balaban J connectivity index is 2.64. The molecule has 0 aliphatic heterocycles. The highest BCUT2D eigenvalue weighted by Crippen LogP contribution is 2.19. The van der Waals surface area contributed by atoms with Crippen LogP contribution in [0, 0.1) is 12.3 Å². The minimum atomic E-state index is -0.599. The van der Waals surface area contributed by atoms with Gasteiger partial charge < -0.3 is 9.84 Å². The van der Waals surface area contributed by atoms with Crippen LogP contribution in [0.1, 0.15) is 25.5 Å². The summed E-state index contributed by atoms with van der Waals surface area (Å²) < 4.78 is 5.11. The smallest absolute Gasteiger partial charge is 0.119 e. The summed E-state index contributed by atoms with van der Waals surface area (Å²) in [6.07, 6.45) is 4.76. The lowest BCUT2D eigenvalue weighted by molar-refractivity contribution is 0.167. The van der Waals surface area contributed by atoms with Gasteiger partial charge in [-0.15, -0.1) is 6.42 Å². The van der Waals surface area contributed by atoms with Crippen molar-refractivity contribution in [1.82, 2.24) is 5.32 Å². The first kappa shape index (κ1) is 13.6. The van der Waals surface area contributed by atoms with Gasteiger partial charge in [0.1, 0.15) is 5.75 Å². The van der Waals surface area contributed by atoms with Crippen molar-refractivity contribution in [2.45, 2.75) is 25.5 Å². The number of benzene rings is 1. The molecular weight excluding hydrogens is 214 g/mol. The molecule has 0 spiro atoms. The van der Waals surface area contributed by atoms with E-state index in [1.807, 2.05) is 38.1 Å². The SMILES string of the molecule is C#CC(C)(C)NCC(O)c1cccc(OC)c1. The number of hydrogen-bond donors (Lipinski definition) is 2. The van der Waals surface area contributed by atoms with Gasteiger partial charge in [-0.25, -0.2) is 0 Å². The summed E-state index contributed by atoms with van der Waals surface area (Å²) in [6.45, 7) is 4.20. The monoisotopic (exact) mass is 233 g/mol. The molecular formula is C14H19NO2. The first-order valence-corrected chi connectivity index (χ1v) is 5.53. The van der Waals surface area contributed by atoms with Crippen LogP contribution in [0.2, 0.25) is 0 Å². The highest BCUT2D eigenvalue weighted by atomic mass is 16.5. The van der Waals surface area contributed by atoms with Crippen molar-refractivity contribution in [3.8, 4) is 18.1 Å². The first-order valence-electron chi connectivity index (χ1n) is 5.53. The third-order valence-electron chi connectivity index (χ3n) is 2.58. The molecule has 1 unspecified atom stereocenters. The molecule has 0 saturated carbocycles. The van der Waals surface area contributed by atoms with E-state index in [0.717, 1.165) is 11.3 Å². The molecule has 0 heterocycles. The number of aliphatic hydroxyl groups excluding tert-OH is 1. The Morgan fingerprint density at radius 2 is 2.24 bits per heavy atom. The minimum Gasteiger partial charge on any atom is -0.497 e. The Labute approximate surface area is 103 Å². The second-order valence-corrected chi connectivity index (χ2v) is 4.44. The van der Waals surface area contributed by atoms with Crippen LogP contribution in [0.3, 0.4) is 0 Å². The number of nitrogens with one attached hydrogen (secondary N) is 1. The number of β-amino-alcohol motifs (C(OH)–C–C–N with tert-alkyl or cyclic N) is 1. The number of methoxy groups -OCH3 is 1. The van der Waals surface area contributed by atoms with Gasteiger partial charge >= 0.3 is 0 Å². The quantitative estimate of drug-likeness (QED) is 0.761. The molecule has 0 bridgehead atoms. The van der Waals surface area contributed by atoms with E-state index in [-0.39, 0.29) is 0 Å². The molecule has 3 nitrogen and oxygen atoms in total. The van der Waals surface area contributed by atoms with E-state index < -0.39 is 11.6 Å². The second-order valence-electron chi connectivity index (χ2n) is 4.44. The van der Waals surface area contributed by atoms with Crippen LogP contribution >= 0.6 is 0 Å². The molecule has 0 aliphatic carbocycles. The molecule has 2 N–H and O–H groups in total. The molecule has 0 saturated heterocycles. The van der Waals surface area contributed by atoms with Crippen molar-refractivity contribution < 1.29 is 9.84 Å². The summed E-state index contributed by atoms with van der Waals surface area (Å²) in [6, 6.07) is 7.37. The third-order valence-corrected chi connectivity index (χ3v) is 2.58. The van der Waals surface area contributed by atoms with E-state index in [0.29, 0.717) is 6.54 Å². The van der Waals surface area contributed by atoms with Gasteiger partial charge in [-0.3, -0.25) is 5.32 Å². The maximum atomic E-state index is 10.0. The number of terminal acetylenes is 1. The molecule has 0 aromatic heterocycles. The summed E-state index contributed by atoms with van der Waals surface area (Å²) in [5, 5.41) is 13.1. The molecule has 1 atom stereocenters. The molecule has 0 fully saturated rings. The van der Waals surface area contributed by atoms with Crippen LogP contribution in [0.15, 0.2) is 24.3 Å². The number of hydrogen-bond acceptors (Lipinski definition) is 3. The fourth-order valence-corrected chi connectivity index (χ4v) is 1.37. The van der Waals surface area contributed by atoms with Gasteiger partial charge in [0.15, 0.2) is 0 Å². The van der Waals surface area contributed by atoms with Crippen molar-refractivity contribution >= 4 is 0 Å². The average Bonchev–Trinajstić information content (AvgIpc) is 2.36. The van der Waals surface area contributed by atoms with E-state index in [1.54, 1.807) is 7.11 Å². The van der Waals surface area contributed by atoms with Crippen molar-refractivity contribution in [1.29, 1.82) is 0 Å². The summed E-state index contributed by atoms with van der Waals surface area (Å²) in [5.41, 5.74) is 0.393. The van der Waals surface area contributed by atoms with Crippen molar-refractivity contribution in [3.63, 3.8) is 0 Å². The molecule has 92 valence electrons. The Morgan fingerprint density at radius 1 is 1.53 bits per heavy atom. The number of rotatable bonds is 5. The molecule has 1 rings (SSSR count). The van der Waals surface area contributed by atoms with Gasteiger partial charge in [-0.05, 0) is 31.5 Å². The van der Waals surface area contributed by atoms with Crippen LogP contribution in [-0.4, -0.2) is 24.3 Å². The van der Waals surface area contributed by atoms with E-state index in [1.165, 1.54) is 0 Å². The molecule has 1 aromatic carbocycles. The first-order chi connectivity index (χ1) is 7.98. The Hall–Kier alpha value is -1.50. The maximum Gasteiger partial charge on any atom is 0.119 e. The summed E-state index contributed by atoms with van der Waals surface area (Å²) in [7, 11) is 1.60. The van der Waals surface area contributed by atoms with Gasteiger partial charge in [0.2, 0.25) is 0 Å². The van der Waals surface area contributed by atoms with Gasteiger partial charge in [0.05, 0.1) is 18.8 Å². The Kier molecular flexibility index (Phi) is 4.56. The van der Waals surface area contributed by atoms with E-state index in [2.05, 4.69) is 11.2 Å². The highest BCUT2D eigenvalue weighted by molar-refractivity contribution is 5.30. The zero-order chi connectivity index (χ0) is 12.9. The lowest BCUT2D eigenvalue weighted by Crippen LogP contribution is -2.40. The molecule has 17 heavy (non-hydrogen) atoms. The standard InChI is InChI=1S/C14H19NO2/c1-5-14(2,3)15-10-13(16)11-7-6-8-12(9-11)17-4/h1,6-9,13,15-16H,10H2,2-4H3. The molecule has 0 amide bonds. The van der Waals surface area contributed by atoms with Gasteiger partial charge in [0.25, 0.3) is 0 Å². The van der Waals surface area contributed by atoms with Gasteiger partial charge in [-0.2, -0.15) is 0 Å². The van der Waals surface area contributed by atoms with Crippen molar-refractivity contribution in [3.05, 3.63) is 29.8 Å². The zero-order valence-corrected chi connectivity index (χ0v) is 10.5. The van der Waals surface area contributed by atoms with E-state index >= 15 is 0 Å². The van der Waals surface area contributed by atoms with E-state index in [4.69, 9.17) is 11.2 Å². The van der Waals surface area contributed by atoms with Gasteiger partial charge in [0, 0.05) is 6.54 Å². The predicted octanol–water partition coefficient (Wildman–Crippen LogP) is 1.73. The largest absolute Gasteiger partial charge is 0.497 e. The molecule has 1 aromatic rings. The Bertz CT molecular complexity index is 407. The number of aliphatic hydroxyl groups is 1.